The van der Waals surface area contributed by atoms with E-state index in [1.54, 1.807) is 28.6 Å². The number of amides is 1. The maximum atomic E-state index is 13.0. The van der Waals surface area contributed by atoms with Crippen LogP contribution in [0.2, 0.25) is 5.02 Å². The van der Waals surface area contributed by atoms with Crippen LogP contribution in [0.4, 0.5) is 4.79 Å². The van der Waals surface area contributed by atoms with E-state index in [0.717, 1.165) is 17.0 Å². The third-order valence-corrected chi connectivity index (χ3v) is 5.91. The van der Waals surface area contributed by atoms with E-state index in [4.69, 9.17) is 26.2 Å². The van der Waals surface area contributed by atoms with Gasteiger partial charge >= 0.3 is 12.1 Å². The predicted molar refractivity (Wildman–Crippen MR) is 114 cm³/mol. The number of carboxylic acid groups (broad SMARTS) is 1. The number of ether oxygens (including phenoxy) is 2. The summed E-state index contributed by atoms with van der Waals surface area (Å²) < 4.78 is 11.1. The molecule has 2 heterocycles. The molecule has 3 rings (SSSR count). The standard InChI is InChI=1S/C21H25ClN2O5S/c1-21(2,3)7-9-28-20(27)24-8-6-15-19(30-12-23-15)18(24)14-10-13(22)4-5-16(14)29-11-17(25)26/h4-5,10,12,18H,6-9,11H2,1-3H3,(H,25,26). The van der Waals surface area contributed by atoms with Crippen LogP contribution in [0.1, 0.15) is 49.4 Å². The molecule has 1 unspecified atom stereocenters. The Kier molecular flexibility index (Phi) is 6.88. The van der Waals surface area contributed by atoms with Gasteiger partial charge in [-0.15, -0.1) is 11.3 Å². The van der Waals surface area contributed by atoms with Crippen LogP contribution in [0.3, 0.4) is 0 Å². The first-order chi connectivity index (χ1) is 14.2. The van der Waals surface area contributed by atoms with Crippen molar-refractivity contribution < 1.29 is 24.2 Å². The molecule has 1 aliphatic rings. The summed E-state index contributed by atoms with van der Waals surface area (Å²) in [5, 5.41) is 9.48. The van der Waals surface area contributed by atoms with E-state index >= 15 is 0 Å². The van der Waals surface area contributed by atoms with Gasteiger partial charge in [0.15, 0.2) is 6.61 Å². The molecule has 7 nitrogen and oxygen atoms in total. The zero-order valence-electron chi connectivity index (χ0n) is 17.2. The van der Waals surface area contributed by atoms with Gasteiger partial charge in [0.05, 0.1) is 22.7 Å². The van der Waals surface area contributed by atoms with Crippen LogP contribution >= 0.6 is 22.9 Å². The minimum absolute atomic E-state index is 0.0528. The van der Waals surface area contributed by atoms with Crippen LogP contribution in [0.15, 0.2) is 23.7 Å². The minimum atomic E-state index is -1.09. The zero-order valence-corrected chi connectivity index (χ0v) is 18.8. The molecule has 1 aliphatic heterocycles. The number of nitrogens with zero attached hydrogens (tertiary/aromatic N) is 2. The van der Waals surface area contributed by atoms with Gasteiger partial charge < -0.3 is 14.6 Å². The van der Waals surface area contributed by atoms with Gasteiger partial charge in [0.1, 0.15) is 11.8 Å². The fourth-order valence-electron chi connectivity index (χ4n) is 3.22. The molecule has 162 valence electrons. The normalized spacial score (nSPS) is 16.1. The number of benzene rings is 1. The maximum absolute atomic E-state index is 13.0. The highest BCUT2D eigenvalue weighted by molar-refractivity contribution is 7.09. The summed E-state index contributed by atoms with van der Waals surface area (Å²) >= 11 is 7.68. The molecule has 0 saturated carbocycles. The Balaban J connectivity index is 1.93. The lowest BCUT2D eigenvalue weighted by molar-refractivity contribution is -0.139. The highest BCUT2D eigenvalue weighted by Gasteiger charge is 2.37. The summed E-state index contributed by atoms with van der Waals surface area (Å²) in [6.07, 6.45) is 0.940. The molecule has 2 aromatic rings. The van der Waals surface area contributed by atoms with Crippen molar-refractivity contribution in [2.24, 2.45) is 5.41 Å². The minimum Gasteiger partial charge on any atom is -0.482 e. The lowest BCUT2D eigenvalue weighted by atomic mass is 9.93. The van der Waals surface area contributed by atoms with Gasteiger partial charge in [-0.05, 0) is 30.0 Å². The fraction of sp³-hybridized carbons (Fsp3) is 0.476. The Morgan fingerprint density at radius 2 is 2.13 bits per heavy atom. The van der Waals surface area contributed by atoms with Gasteiger partial charge in [0, 0.05) is 23.6 Å². The molecule has 0 saturated heterocycles. The summed E-state index contributed by atoms with van der Waals surface area (Å²) in [6.45, 7) is 6.52. The summed E-state index contributed by atoms with van der Waals surface area (Å²) in [4.78, 5) is 31.0. The molecular weight excluding hydrogens is 428 g/mol. The molecule has 0 bridgehead atoms. The summed E-state index contributed by atoms with van der Waals surface area (Å²) in [5.41, 5.74) is 3.32. The molecular formula is C21H25ClN2O5S. The molecule has 1 amide bonds. The lowest BCUT2D eigenvalue weighted by Crippen LogP contribution is -2.41. The van der Waals surface area contributed by atoms with E-state index in [1.807, 2.05) is 0 Å². The largest absolute Gasteiger partial charge is 0.482 e. The number of hydrogen-bond acceptors (Lipinski definition) is 6. The van der Waals surface area contributed by atoms with Crippen LogP contribution in [0, 0.1) is 5.41 Å². The number of aliphatic carboxylic acids is 1. The number of carbonyl (C=O) groups is 2. The number of rotatable bonds is 6. The molecule has 0 spiro atoms. The number of hydrogen-bond donors (Lipinski definition) is 1. The Morgan fingerprint density at radius 3 is 2.83 bits per heavy atom. The molecule has 9 heteroatoms. The summed E-state index contributed by atoms with van der Waals surface area (Å²) in [5.74, 6) is -0.725. The molecule has 30 heavy (non-hydrogen) atoms. The van der Waals surface area contributed by atoms with Crippen molar-refractivity contribution in [1.82, 2.24) is 9.88 Å². The van der Waals surface area contributed by atoms with Crippen molar-refractivity contribution >= 4 is 35.0 Å². The molecule has 1 aromatic heterocycles. The van der Waals surface area contributed by atoms with Crippen LogP contribution in [-0.4, -0.2) is 46.8 Å². The first kappa shape index (κ1) is 22.4. The van der Waals surface area contributed by atoms with E-state index in [2.05, 4.69) is 25.8 Å². The molecule has 1 N–H and O–H groups in total. The Morgan fingerprint density at radius 1 is 1.37 bits per heavy atom. The van der Waals surface area contributed by atoms with E-state index in [-0.39, 0.29) is 5.41 Å². The van der Waals surface area contributed by atoms with Crippen molar-refractivity contribution in [2.75, 3.05) is 19.8 Å². The van der Waals surface area contributed by atoms with Crippen LogP contribution in [0.25, 0.3) is 0 Å². The van der Waals surface area contributed by atoms with Crippen molar-refractivity contribution in [1.29, 1.82) is 0 Å². The molecule has 1 aromatic carbocycles. The second-order valence-corrected chi connectivity index (χ2v) is 9.62. The topological polar surface area (TPSA) is 89.0 Å². The van der Waals surface area contributed by atoms with Crippen molar-refractivity contribution in [2.45, 2.75) is 39.7 Å². The quantitative estimate of drug-likeness (QED) is 0.678. The van der Waals surface area contributed by atoms with E-state index < -0.39 is 24.7 Å². The van der Waals surface area contributed by atoms with Crippen molar-refractivity contribution in [3.05, 3.63) is 44.9 Å². The number of aromatic nitrogens is 1. The molecule has 0 radical (unpaired) electrons. The van der Waals surface area contributed by atoms with E-state index in [9.17, 15) is 9.59 Å². The van der Waals surface area contributed by atoms with Gasteiger partial charge in [-0.1, -0.05) is 32.4 Å². The molecule has 0 fully saturated rings. The number of halogens is 1. The van der Waals surface area contributed by atoms with Gasteiger partial charge in [0.2, 0.25) is 0 Å². The van der Waals surface area contributed by atoms with Gasteiger partial charge in [-0.2, -0.15) is 0 Å². The Hall–Kier alpha value is -2.32. The molecule has 1 atom stereocenters. The first-order valence-electron chi connectivity index (χ1n) is 9.65. The highest BCUT2D eigenvalue weighted by atomic mass is 35.5. The number of carboxylic acids is 1. The smallest absolute Gasteiger partial charge is 0.410 e. The second-order valence-electron chi connectivity index (χ2n) is 8.30. The third-order valence-electron chi connectivity index (χ3n) is 4.75. The highest BCUT2D eigenvalue weighted by Crippen LogP contribution is 2.42. The van der Waals surface area contributed by atoms with Gasteiger partial charge in [-0.25, -0.2) is 14.6 Å². The van der Waals surface area contributed by atoms with Crippen LogP contribution in [0.5, 0.6) is 5.75 Å². The average Bonchev–Trinajstić information content (AvgIpc) is 3.13. The number of thiazole rings is 1. The zero-order chi connectivity index (χ0) is 21.9. The van der Waals surface area contributed by atoms with Gasteiger partial charge in [-0.3, -0.25) is 4.90 Å². The summed E-state index contributed by atoms with van der Waals surface area (Å²) in [7, 11) is 0. The van der Waals surface area contributed by atoms with E-state index in [0.29, 0.717) is 35.9 Å². The third kappa shape index (κ3) is 5.43. The van der Waals surface area contributed by atoms with Crippen LogP contribution in [-0.2, 0) is 16.0 Å². The van der Waals surface area contributed by atoms with Gasteiger partial charge in [0.25, 0.3) is 0 Å². The van der Waals surface area contributed by atoms with Crippen LogP contribution < -0.4 is 4.74 Å². The second kappa shape index (κ2) is 9.22. The monoisotopic (exact) mass is 452 g/mol. The number of carbonyl (C=O) groups excluding carboxylic acids is 1. The summed E-state index contributed by atoms with van der Waals surface area (Å²) in [6, 6.07) is 4.45. The SMILES string of the molecule is CC(C)(C)CCOC(=O)N1CCc2ncsc2C1c1cc(Cl)ccc1OCC(=O)O. The van der Waals surface area contributed by atoms with Crippen molar-refractivity contribution in [3.63, 3.8) is 0 Å². The van der Waals surface area contributed by atoms with E-state index in [1.165, 1.54) is 11.3 Å². The lowest BCUT2D eigenvalue weighted by Gasteiger charge is -2.35. The van der Waals surface area contributed by atoms with Crippen molar-refractivity contribution in [3.8, 4) is 5.75 Å². The Bertz CT molecular complexity index is 924. The Labute approximate surface area is 184 Å². The molecule has 0 aliphatic carbocycles. The number of fused-ring (bicyclic) bond motifs is 1. The average molecular weight is 453 g/mol. The first-order valence-corrected chi connectivity index (χ1v) is 10.9. The maximum Gasteiger partial charge on any atom is 0.410 e. The predicted octanol–water partition coefficient (Wildman–Crippen LogP) is 4.78. The fourth-order valence-corrected chi connectivity index (χ4v) is 4.37.